The molecular formula is C11H13IO3. The van der Waals surface area contributed by atoms with Gasteiger partial charge in [-0.15, -0.1) is 0 Å². The highest BCUT2D eigenvalue weighted by Crippen LogP contribution is 2.11. The average molecular weight is 320 g/mol. The van der Waals surface area contributed by atoms with Gasteiger partial charge in [-0.2, -0.15) is 0 Å². The van der Waals surface area contributed by atoms with E-state index in [9.17, 15) is 4.79 Å². The van der Waals surface area contributed by atoms with Crippen LogP contribution in [0.4, 0.5) is 0 Å². The van der Waals surface area contributed by atoms with Gasteiger partial charge in [0, 0.05) is 4.43 Å². The Hall–Kier alpha value is -0.780. The molecule has 1 unspecified atom stereocenters. The van der Waals surface area contributed by atoms with E-state index in [0.717, 1.165) is 4.43 Å². The van der Waals surface area contributed by atoms with E-state index in [1.807, 2.05) is 30.3 Å². The van der Waals surface area contributed by atoms with Gasteiger partial charge in [0.1, 0.15) is 12.4 Å². The fourth-order valence-electron chi connectivity index (χ4n) is 1.01. The molecule has 0 amide bonds. The maximum Gasteiger partial charge on any atom is 0.347 e. The third-order valence-electron chi connectivity index (χ3n) is 1.71. The third kappa shape index (κ3) is 4.51. The first-order chi connectivity index (χ1) is 7.24. The maximum absolute atomic E-state index is 11.4. The van der Waals surface area contributed by atoms with Crippen molar-refractivity contribution in [1.29, 1.82) is 0 Å². The van der Waals surface area contributed by atoms with Crippen molar-refractivity contribution in [1.82, 2.24) is 0 Å². The van der Waals surface area contributed by atoms with Gasteiger partial charge in [0.2, 0.25) is 0 Å². The van der Waals surface area contributed by atoms with Gasteiger partial charge in [-0.05, 0) is 19.1 Å². The normalized spacial score (nSPS) is 11.9. The first kappa shape index (κ1) is 12.3. The molecule has 0 aliphatic carbocycles. The zero-order valence-corrected chi connectivity index (χ0v) is 10.6. The van der Waals surface area contributed by atoms with Crippen LogP contribution in [-0.4, -0.2) is 23.1 Å². The van der Waals surface area contributed by atoms with Crippen molar-refractivity contribution >= 4 is 28.6 Å². The van der Waals surface area contributed by atoms with Crippen LogP contribution in [0.3, 0.4) is 0 Å². The monoisotopic (exact) mass is 320 g/mol. The number of esters is 1. The van der Waals surface area contributed by atoms with Gasteiger partial charge in [-0.1, -0.05) is 40.8 Å². The fourth-order valence-corrected chi connectivity index (χ4v) is 1.23. The smallest absolute Gasteiger partial charge is 0.347 e. The van der Waals surface area contributed by atoms with Crippen LogP contribution in [-0.2, 0) is 9.53 Å². The SMILES string of the molecule is CC(Oc1ccccc1)C(=O)OCCI. The minimum atomic E-state index is -0.560. The minimum Gasteiger partial charge on any atom is -0.479 e. The van der Waals surface area contributed by atoms with E-state index in [1.54, 1.807) is 6.92 Å². The lowest BCUT2D eigenvalue weighted by Crippen LogP contribution is -2.26. The molecule has 15 heavy (non-hydrogen) atoms. The summed E-state index contributed by atoms with van der Waals surface area (Å²) in [7, 11) is 0. The predicted molar refractivity (Wildman–Crippen MR) is 66.4 cm³/mol. The Bertz CT molecular complexity index is 300. The summed E-state index contributed by atoms with van der Waals surface area (Å²) in [5, 5.41) is 0. The summed E-state index contributed by atoms with van der Waals surface area (Å²) in [6.07, 6.45) is -0.560. The molecule has 4 heteroatoms. The molecule has 0 radical (unpaired) electrons. The Morgan fingerprint density at radius 3 is 2.67 bits per heavy atom. The van der Waals surface area contributed by atoms with Crippen LogP contribution in [0.1, 0.15) is 6.92 Å². The molecular weight excluding hydrogens is 307 g/mol. The van der Waals surface area contributed by atoms with Crippen LogP contribution >= 0.6 is 22.6 Å². The van der Waals surface area contributed by atoms with E-state index in [2.05, 4.69) is 22.6 Å². The lowest BCUT2D eigenvalue weighted by Gasteiger charge is -2.13. The zero-order valence-electron chi connectivity index (χ0n) is 8.48. The summed E-state index contributed by atoms with van der Waals surface area (Å²) in [6.45, 7) is 2.12. The highest BCUT2D eigenvalue weighted by Gasteiger charge is 2.15. The Balaban J connectivity index is 2.41. The fraction of sp³-hybridized carbons (Fsp3) is 0.364. The Morgan fingerprint density at radius 1 is 1.40 bits per heavy atom. The van der Waals surface area contributed by atoms with Crippen LogP contribution < -0.4 is 4.74 Å². The number of ether oxygens (including phenoxy) is 2. The second-order valence-electron chi connectivity index (χ2n) is 2.93. The molecule has 0 saturated heterocycles. The van der Waals surface area contributed by atoms with E-state index in [4.69, 9.17) is 9.47 Å². The number of halogens is 1. The molecule has 1 rings (SSSR count). The molecule has 0 bridgehead atoms. The molecule has 0 aromatic heterocycles. The van der Waals surface area contributed by atoms with Gasteiger partial charge in [-0.25, -0.2) is 4.79 Å². The zero-order chi connectivity index (χ0) is 11.1. The summed E-state index contributed by atoms with van der Waals surface area (Å²) >= 11 is 2.15. The standard InChI is InChI=1S/C11H13IO3/c1-9(11(13)14-8-7-12)15-10-5-3-2-4-6-10/h2-6,9H,7-8H2,1H3. The largest absolute Gasteiger partial charge is 0.479 e. The van der Waals surface area contributed by atoms with Crippen LogP contribution in [0.15, 0.2) is 30.3 Å². The highest BCUT2D eigenvalue weighted by molar-refractivity contribution is 14.1. The molecule has 0 saturated carbocycles. The van der Waals surface area contributed by atoms with Crippen LogP contribution in [0.2, 0.25) is 0 Å². The quantitative estimate of drug-likeness (QED) is 0.475. The minimum absolute atomic E-state index is 0.324. The van der Waals surface area contributed by atoms with E-state index in [0.29, 0.717) is 12.4 Å². The number of hydrogen-bond acceptors (Lipinski definition) is 3. The van der Waals surface area contributed by atoms with Crippen molar-refractivity contribution in [2.24, 2.45) is 0 Å². The molecule has 1 aromatic carbocycles. The van der Waals surface area contributed by atoms with Gasteiger partial charge in [0.15, 0.2) is 6.10 Å². The molecule has 1 aromatic rings. The molecule has 0 spiro atoms. The van der Waals surface area contributed by atoms with Gasteiger partial charge in [-0.3, -0.25) is 0 Å². The lowest BCUT2D eigenvalue weighted by atomic mass is 10.3. The van der Waals surface area contributed by atoms with Gasteiger partial charge >= 0.3 is 5.97 Å². The van der Waals surface area contributed by atoms with Crippen molar-refractivity contribution < 1.29 is 14.3 Å². The van der Waals surface area contributed by atoms with Gasteiger partial charge in [0.25, 0.3) is 0 Å². The highest BCUT2D eigenvalue weighted by atomic mass is 127. The average Bonchev–Trinajstić information content (AvgIpc) is 2.27. The van der Waals surface area contributed by atoms with E-state index < -0.39 is 6.10 Å². The first-order valence-electron chi connectivity index (χ1n) is 4.68. The molecule has 82 valence electrons. The maximum atomic E-state index is 11.4. The van der Waals surface area contributed by atoms with Crippen molar-refractivity contribution in [3.05, 3.63) is 30.3 Å². The van der Waals surface area contributed by atoms with E-state index in [-0.39, 0.29) is 5.97 Å². The lowest BCUT2D eigenvalue weighted by molar-refractivity contribution is -0.150. The number of benzene rings is 1. The second kappa shape index (κ2) is 6.66. The Kier molecular flexibility index (Phi) is 5.45. The van der Waals surface area contributed by atoms with Crippen molar-refractivity contribution in [3.63, 3.8) is 0 Å². The Labute approximate surface area is 103 Å². The molecule has 3 nitrogen and oxygen atoms in total. The Morgan fingerprint density at radius 2 is 2.07 bits per heavy atom. The summed E-state index contributed by atoms with van der Waals surface area (Å²) in [4.78, 5) is 11.4. The molecule has 0 N–H and O–H groups in total. The summed E-state index contributed by atoms with van der Waals surface area (Å²) in [5.74, 6) is 0.354. The third-order valence-corrected chi connectivity index (χ3v) is 2.15. The van der Waals surface area contributed by atoms with Crippen LogP contribution in [0.25, 0.3) is 0 Å². The van der Waals surface area contributed by atoms with Crippen molar-refractivity contribution in [2.45, 2.75) is 13.0 Å². The van der Waals surface area contributed by atoms with E-state index in [1.165, 1.54) is 0 Å². The number of para-hydroxylation sites is 1. The summed E-state index contributed by atoms with van der Waals surface area (Å²) in [6, 6.07) is 9.23. The van der Waals surface area contributed by atoms with Crippen LogP contribution in [0, 0.1) is 0 Å². The van der Waals surface area contributed by atoms with Gasteiger partial charge < -0.3 is 9.47 Å². The number of carbonyl (C=O) groups is 1. The van der Waals surface area contributed by atoms with Crippen molar-refractivity contribution in [2.75, 3.05) is 11.0 Å². The van der Waals surface area contributed by atoms with Crippen LogP contribution in [0.5, 0.6) is 5.75 Å². The number of alkyl halides is 1. The second-order valence-corrected chi connectivity index (χ2v) is 4.01. The number of hydrogen-bond donors (Lipinski definition) is 0. The first-order valence-corrected chi connectivity index (χ1v) is 6.21. The molecule has 0 aliphatic heterocycles. The predicted octanol–water partition coefficient (Wildman–Crippen LogP) is 2.43. The summed E-state index contributed by atoms with van der Waals surface area (Å²) < 4.78 is 11.1. The molecule has 0 fully saturated rings. The molecule has 0 heterocycles. The van der Waals surface area contributed by atoms with Crippen molar-refractivity contribution in [3.8, 4) is 5.75 Å². The van der Waals surface area contributed by atoms with Gasteiger partial charge in [0.05, 0.1) is 0 Å². The summed E-state index contributed by atoms with van der Waals surface area (Å²) in [5.41, 5.74) is 0. The topological polar surface area (TPSA) is 35.5 Å². The number of rotatable bonds is 5. The van der Waals surface area contributed by atoms with E-state index >= 15 is 0 Å². The number of carbonyl (C=O) groups excluding carboxylic acids is 1. The molecule has 0 aliphatic rings. The molecule has 1 atom stereocenters.